The van der Waals surface area contributed by atoms with E-state index in [0.29, 0.717) is 5.02 Å². The second-order valence-electron chi connectivity index (χ2n) is 6.21. The summed E-state index contributed by atoms with van der Waals surface area (Å²) in [7, 11) is 0. The van der Waals surface area contributed by atoms with E-state index in [1.807, 2.05) is 75.4 Å². The zero-order chi connectivity index (χ0) is 17.0. The van der Waals surface area contributed by atoms with Gasteiger partial charge in [0, 0.05) is 5.02 Å². The van der Waals surface area contributed by atoms with Gasteiger partial charge in [-0.2, -0.15) is 0 Å². The molecule has 0 saturated heterocycles. The zero-order valence-electron chi connectivity index (χ0n) is 13.6. The van der Waals surface area contributed by atoms with Crippen molar-refractivity contribution < 1.29 is 9.53 Å². The summed E-state index contributed by atoms with van der Waals surface area (Å²) in [5.74, 6) is -0.394. The molecule has 0 aromatic heterocycles. The van der Waals surface area contributed by atoms with E-state index >= 15 is 0 Å². The van der Waals surface area contributed by atoms with Crippen LogP contribution in [-0.2, 0) is 9.53 Å². The van der Waals surface area contributed by atoms with Crippen LogP contribution in [0.1, 0.15) is 44.1 Å². The second-order valence-corrected chi connectivity index (χ2v) is 6.64. The number of hydrogen-bond donors (Lipinski definition) is 1. The molecule has 0 aliphatic heterocycles. The van der Waals surface area contributed by atoms with Crippen molar-refractivity contribution in [1.29, 1.82) is 0 Å². The Morgan fingerprint density at radius 2 is 1.61 bits per heavy atom. The zero-order valence-corrected chi connectivity index (χ0v) is 14.4. The van der Waals surface area contributed by atoms with E-state index < -0.39 is 17.4 Å². The van der Waals surface area contributed by atoms with Crippen LogP contribution in [0.4, 0.5) is 0 Å². The predicted octanol–water partition coefficient (Wildman–Crippen LogP) is 4.67. The average Bonchev–Trinajstić information content (AvgIpc) is 2.53. The molecular formula is C19H22ClNO2. The number of nitrogens with two attached hydrogens (primary N) is 1. The van der Waals surface area contributed by atoms with Crippen LogP contribution < -0.4 is 5.73 Å². The molecule has 0 spiro atoms. The van der Waals surface area contributed by atoms with Crippen molar-refractivity contribution in [2.75, 3.05) is 0 Å². The van der Waals surface area contributed by atoms with Gasteiger partial charge >= 0.3 is 0 Å². The molecule has 2 unspecified atom stereocenters. The standard InChI is InChI=1S/C19H22ClNO2/c1-13(14-9-11-16(20)12-10-14)23-17(19(2,3)18(21)22)15-7-5-4-6-8-15/h4-13,17H,1-3H3,(H2,21,22). The molecule has 122 valence electrons. The quantitative estimate of drug-likeness (QED) is 0.836. The summed E-state index contributed by atoms with van der Waals surface area (Å²) in [6.45, 7) is 5.57. The Morgan fingerprint density at radius 1 is 1.04 bits per heavy atom. The summed E-state index contributed by atoms with van der Waals surface area (Å²) in [4.78, 5) is 11.9. The van der Waals surface area contributed by atoms with Crippen molar-refractivity contribution in [3.05, 3.63) is 70.7 Å². The summed E-state index contributed by atoms with van der Waals surface area (Å²) in [6.07, 6.45) is -0.636. The number of amides is 1. The van der Waals surface area contributed by atoms with Gasteiger partial charge < -0.3 is 10.5 Å². The van der Waals surface area contributed by atoms with Crippen molar-refractivity contribution in [1.82, 2.24) is 0 Å². The minimum atomic E-state index is -0.831. The number of ether oxygens (including phenoxy) is 1. The molecule has 2 aromatic carbocycles. The molecule has 2 rings (SSSR count). The fraction of sp³-hybridized carbons (Fsp3) is 0.316. The molecule has 4 heteroatoms. The van der Waals surface area contributed by atoms with Crippen LogP contribution in [-0.4, -0.2) is 5.91 Å². The fourth-order valence-corrected chi connectivity index (χ4v) is 2.56. The van der Waals surface area contributed by atoms with E-state index in [4.69, 9.17) is 22.1 Å². The van der Waals surface area contributed by atoms with E-state index in [1.54, 1.807) is 0 Å². The van der Waals surface area contributed by atoms with Crippen LogP contribution in [0.25, 0.3) is 0 Å². The molecule has 0 aliphatic rings. The van der Waals surface area contributed by atoms with E-state index in [-0.39, 0.29) is 6.10 Å². The van der Waals surface area contributed by atoms with E-state index in [2.05, 4.69) is 0 Å². The minimum absolute atomic E-state index is 0.198. The highest BCUT2D eigenvalue weighted by Gasteiger charge is 2.38. The lowest BCUT2D eigenvalue weighted by atomic mass is 9.81. The second kappa shape index (κ2) is 7.16. The van der Waals surface area contributed by atoms with Gasteiger partial charge in [-0.05, 0) is 44.0 Å². The first-order valence-corrected chi connectivity index (χ1v) is 7.96. The third-order valence-electron chi connectivity index (χ3n) is 4.07. The van der Waals surface area contributed by atoms with Gasteiger partial charge in [0.15, 0.2) is 0 Å². The minimum Gasteiger partial charge on any atom is -0.369 e. The monoisotopic (exact) mass is 331 g/mol. The summed E-state index contributed by atoms with van der Waals surface area (Å²) >= 11 is 5.93. The molecule has 0 heterocycles. The van der Waals surface area contributed by atoms with Crippen molar-refractivity contribution in [2.24, 2.45) is 11.1 Å². The maximum atomic E-state index is 11.9. The number of primary amides is 1. The van der Waals surface area contributed by atoms with E-state index in [1.165, 1.54) is 0 Å². The first-order chi connectivity index (χ1) is 10.8. The number of rotatable bonds is 6. The maximum Gasteiger partial charge on any atom is 0.226 e. The molecule has 0 aliphatic carbocycles. The number of carbonyl (C=O) groups is 1. The van der Waals surface area contributed by atoms with Crippen LogP contribution in [0.3, 0.4) is 0 Å². The molecule has 23 heavy (non-hydrogen) atoms. The molecular weight excluding hydrogens is 310 g/mol. The van der Waals surface area contributed by atoms with Crippen molar-refractivity contribution in [3.8, 4) is 0 Å². The Morgan fingerprint density at radius 3 is 2.13 bits per heavy atom. The topological polar surface area (TPSA) is 52.3 Å². The lowest BCUT2D eigenvalue weighted by Crippen LogP contribution is -2.38. The van der Waals surface area contributed by atoms with Crippen molar-refractivity contribution in [3.63, 3.8) is 0 Å². The third-order valence-corrected chi connectivity index (χ3v) is 4.32. The smallest absolute Gasteiger partial charge is 0.226 e. The first kappa shape index (κ1) is 17.5. The summed E-state index contributed by atoms with van der Waals surface area (Å²) in [5, 5.41) is 0.679. The Hall–Kier alpha value is -1.84. The van der Waals surface area contributed by atoms with Gasteiger partial charge in [0.05, 0.1) is 17.6 Å². The van der Waals surface area contributed by atoms with Crippen molar-refractivity contribution in [2.45, 2.75) is 33.0 Å². The largest absolute Gasteiger partial charge is 0.369 e. The number of halogens is 1. The highest BCUT2D eigenvalue weighted by molar-refractivity contribution is 6.30. The molecule has 0 radical (unpaired) electrons. The van der Waals surface area contributed by atoms with Crippen LogP contribution in [0, 0.1) is 5.41 Å². The number of carbonyl (C=O) groups excluding carboxylic acids is 1. The Kier molecular flexibility index (Phi) is 5.45. The highest BCUT2D eigenvalue weighted by Crippen LogP contribution is 2.40. The summed E-state index contributed by atoms with van der Waals surface area (Å²) in [6, 6.07) is 17.2. The van der Waals surface area contributed by atoms with Gasteiger partial charge in [0.25, 0.3) is 0 Å². The van der Waals surface area contributed by atoms with Crippen molar-refractivity contribution >= 4 is 17.5 Å². The average molecular weight is 332 g/mol. The number of benzene rings is 2. The molecule has 2 N–H and O–H groups in total. The number of hydrogen-bond acceptors (Lipinski definition) is 2. The Balaban J connectivity index is 2.31. The lowest BCUT2D eigenvalue weighted by Gasteiger charge is -2.34. The highest BCUT2D eigenvalue weighted by atomic mass is 35.5. The normalized spacial score (nSPS) is 14.3. The van der Waals surface area contributed by atoms with Crippen LogP contribution in [0.2, 0.25) is 5.02 Å². The third kappa shape index (κ3) is 4.12. The SMILES string of the molecule is CC(OC(c1ccccc1)C(C)(C)C(N)=O)c1ccc(Cl)cc1. The van der Waals surface area contributed by atoms with Gasteiger partial charge in [-0.25, -0.2) is 0 Å². The summed E-state index contributed by atoms with van der Waals surface area (Å²) < 4.78 is 6.24. The maximum absolute atomic E-state index is 11.9. The van der Waals surface area contributed by atoms with Gasteiger partial charge in [0.1, 0.15) is 0 Å². The predicted molar refractivity (Wildman–Crippen MR) is 93.1 cm³/mol. The van der Waals surface area contributed by atoms with Crippen LogP contribution >= 0.6 is 11.6 Å². The lowest BCUT2D eigenvalue weighted by molar-refractivity contribution is -0.139. The van der Waals surface area contributed by atoms with E-state index in [9.17, 15) is 4.79 Å². The molecule has 0 bridgehead atoms. The first-order valence-electron chi connectivity index (χ1n) is 7.58. The van der Waals surface area contributed by atoms with Gasteiger partial charge in [-0.3, -0.25) is 4.79 Å². The van der Waals surface area contributed by atoms with Gasteiger partial charge in [-0.1, -0.05) is 54.1 Å². The molecule has 1 amide bonds. The molecule has 0 fully saturated rings. The molecule has 3 nitrogen and oxygen atoms in total. The van der Waals surface area contributed by atoms with Gasteiger partial charge in [-0.15, -0.1) is 0 Å². The van der Waals surface area contributed by atoms with Crippen LogP contribution in [0.15, 0.2) is 54.6 Å². The van der Waals surface area contributed by atoms with E-state index in [0.717, 1.165) is 11.1 Å². The molecule has 0 saturated carbocycles. The Bertz CT molecular complexity index is 653. The Labute approximate surface area is 142 Å². The fourth-order valence-electron chi connectivity index (χ4n) is 2.44. The molecule has 2 atom stereocenters. The van der Waals surface area contributed by atoms with Crippen LogP contribution in [0.5, 0.6) is 0 Å². The molecule has 2 aromatic rings. The van der Waals surface area contributed by atoms with Gasteiger partial charge in [0.2, 0.25) is 5.91 Å². The summed E-state index contributed by atoms with van der Waals surface area (Å²) in [5.41, 5.74) is 6.70.